The molecule has 3 aliphatic rings. The highest BCUT2D eigenvalue weighted by molar-refractivity contribution is 5.85. The Morgan fingerprint density at radius 3 is 2.49 bits per heavy atom. The third-order valence-electron chi connectivity index (χ3n) is 7.58. The number of carbonyl (C=O) groups is 2. The third-order valence-corrected chi connectivity index (χ3v) is 7.58. The Labute approximate surface area is 210 Å². The number of alkyl carbamates (subject to hydrolysis) is 1. The Balaban J connectivity index is 1.64. The lowest BCUT2D eigenvalue weighted by molar-refractivity contribution is -0.125. The maximum Gasteiger partial charge on any atom is 0.408 e. The average Bonchev–Trinajstić information content (AvgIpc) is 3.68. The molecule has 0 aromatic heterocycles. The van der Waals surface area contributed by atoms with E-state index in [1.165, 1.54) is 5.57 Å². The zero-order valence-corrected chi connectivity index (χ0v) is 22.7. The van der Waals surface area contributed by atoms with Crippen molar-refractivity contribution in [3.8, 4) is 0 Å². The van der Waals surface area contributed by atoms with Crippen LogP contribution in [-0.2, 0) is 23.7 Å². The van der Waals surface area contributed by atoms with E-state index in [0.717, 1.165) is 19.4 Å². The van der Waals surface area contributed by atoms with Crippen LogP contribution in [0.15, 0.2) is 11.6 Å². The van der Waals surface area contributed by atoms with E-state index < -0.39 is 23.8 Å². The Morgan fingerprint density at radius 2 is 1.94 bits per heavy atom. The molecule has 3 rings (SSSR count). The Kier molecular flexibility index (Phi) is 8.89. The Bertz CT molecular complexity index is 792. The van der Waals surface area contributed by atoms with Gasteiger partial charge in [0.2, 0.25) is 5.91 Å². The van der Waals surface area contributed by atoms with Gasteiger partial charge in [-0.25, -0.2) is 4.79 Å². The molecule has 0 unspecified atom stereocenters. The molecular weight excluding hydrogens is 450 g/mol. The minimum atomic E-state index is -0.680. The molecule has 7 atom stereocenters. The quantitative estimate of drug-likeness (QED) is 0.335. The van der Waals surface area contributed by atoms with Crippen LogP contribution >= 0.6 is 0 Å². The highest BCUT2D eigenvalue weighted by Crippen LogP contribution is 2.59. The number of nitrogens with zero attached hydrogens (tertiary/aromatic N) is 1. The van der Waals surface area contributed by atoms with Gasteiger partial charge in [-0.15, -0.1) is 0 Å². The summed E-state index contributed by atoms with van der Waals surface area (Å²) >= 11 is 0. The maximum absolute atomic E-state index is 12.9. The molecule has 0 aromatic rings. The van der Waals surface area contributed by atoms with Crippen molar-refractivity contribution < 1.29 is 28.5 Å². The van der Waals surface area contributed by atoms with Gasteiger partial charge in [-0.3, -0.25) is 4.79 Å². The van der Waals surface area contributed by atoms with Crippen molar-refractivity contribution in [1.29, 1.82) is 0 Å². The minimum Gasteiger partial charge on any atom is -0.443 e. The van der Waals surface area contributed by atoms with Crippen LogP contribution in [0.2, 0.25) is 0 Å². The number of hydrogen-bond donors (Lipinski definition) is 2. The normalized spacial score (nSPS) is 34.5. The monoisotopic (exact) mass is 495 g/mol. The molecule has 2 amide bonds. The van der Waals surface area contributed by atoms with Crippen molar-refractivity contribution in [2.45, 2.75) is 89.4 Å². The number of ether oxygens (including phenoxy) is 4. The molecule has 3 fully saturated rings. The molecule has 1 aliphatic carbocycles. The lowest BCUT2D eigenvalue weighted by Crippen LogP contribution is -2.57. The number of allylic oxidation sites excluding steroid dienone is 1. The van der Waals surface area contributed by atoms with Crippen molar-refractivity contribution in [2.75, 3.05) is 40.9 Å². The summed E-state index contributed by atoms with van der Waals surface area (Å²) in [5, 5.41) is 5.67. The molecule has 35 heavy (non-hydrogen) atoms. The molecular formula is C26H45N3O6. The van der Waals surface area contributed by atoms with Gasteiger partial charge in [0.05, 0.1) is 18.6 Å². The topological polar surface area (TPSA) is 105 Å². The van der Waals surface area contributed by atoms with Crippen LogP contribution in [-0.4, -0.2) is 93.4 Å². The molecule has 9 nitrogen and oxygen atoms in total. The van der Waals surface area contributed by atoms with Gasteiger partial charge in [0.25, 0.3) is 0 Å². The molecule has 2 heterocycles. The number of likely N-dealkylation sites (N-methyl/N-ethyl adjacent to an activating group) is 1. The average molecular weight is 496 g/mol. The van der Waals surface area contributed by atoms with E-state index in [-0.39, 0.29) is 35.6 Å². The zero-order chi connectivity index (χ0) is 26.0. The lowest BCUT2D eigenvalue weighted by Gasteiger charge is -2.42. The lowest BCUT2D eigenvalue weighted by atomic mass is 9.68. The van der Waals surface area contributed by atoms with Gasteiger partial charge >= 0.3 is 6.09 Å². The fourth-order valence-corrected chi connectivity index (χ4v) is 5.42. The standard InChI is InChI=1S/C26H45N3O6/c1-16(2)9-10-19-25(5,35-19)22-21(32-8)18(11-12-26(22)15-33-26)34-24(31)28-20(17(3)4)23(30)27-13-14-29(6)7/h9,17-22H,10-15H2,1-8H3,(H,27,30)(H,28,31)/t18-,19-,20-,21-,22-,25-,26+/m1/s1. The molecule has 2 saturated heterocycles. The van der Waals surface area contributed by atoms with E-state index in [4.69, 9.17) is 18.9 Å². The molecule has 200 valence electrons. The van der Waals surface area contributed by atoms with E-state index in [1.807, 2.05) is 32.8 Å². The largest absolute Gasteiger partial charge is 0.443 e. The van der Waals surface area contributed by atoms with E-state index in [1.54, 1.807) is 7.11 Å². The van der Waals surface area contributed by atoms with Crippen LogP contribution in [0.3, 0.4) is 0 Å². The summed E-state index contributed by atoms with van der Waals surface area (Å²) in [6.07, 6.45) is 3.13. The van der Waals surface area contributed by atoms with Crippen LogP contribution in [0.25, 0.3) is 0 Å². The van der Waals surface area contributed by atoms with Crippen molar-refractivity contribution in [2.24, 2.45) is 11.8 Å². The predicted molar refractivity (Wildman–Crippen MR) is 133 cm³/mol. The summed E-state index contributed by atoms with van der Waals surface area (Å²) in [5.41, 5.74) is 0.586. The second-order valence-electron chi connectivity index (χ2n) is 11.3. The van der Waals surface area contributed by atoms with Crippen LogP contribution in [0.5, 0.6) is 0 Å². The zero-order valence-electron chi connectivity index (χ0n) is 22.7. The molecule has 2 aliphatic heterocycles. The third kappa shape index (κ3) is 6.56. The second kappa shape index (κ2) is 11.2. The SMILES string of the molecule is CO[C@@H]1[C@H](OC(=O)N[C@@H](C(=O)NCCN(C)C)C(C)C)CC[C@]2(CO2)[C@H]1[C@]1(C)O[C@@H]1CC=C(C)C. The fraction of sp³-hybridized carbons (Fsp3) is 0.846. The van der Waals surface area contributed by atoms with Crippen LogP contribution in [0.4, 0.5) is 4.79 Å². The summed E-state index contributed by atoms with van der Waals surface area (Å²) in [6, 6.07) is -0.680. The second-order valence-corrected chi connectivity index (χ2v) is 11.3. The van der Waals surface area contributed by atoms with Crippen LogP contribution in [0, 0.1) is 11.8 Å². The molecule has 1 saturated carbocycles. The highest BCUT2D eigenvalue weighted by Gasteiger charge is 2.72. The predicted octanol–water partition coefficient (Wildman–Crippen LogP) is 2.49. The molecule has 9 heteroatoms. The Hall–Kier alpha value is -1.68. The number of amides is 2. The van der Waals surface area contributed by atoms with Crippen molar-refractivity contribution in [1.82, 2.24) is 15.5 Å². The molecule has 1 spiro atoms. The summed E-state index contributed by atoms with van der Waals surface area (Å²) in [7, 11) is 5.54. The first kappa shape index (κ1) is 27.9. The van der Waals surface area contributed by atoms with Crippen LogP contribution < -0.4 is 10.6 Å². The first-order valence-electron chi connectivity index (χ1n) is 12.8. The number of hydrogen-bond acceptors (Lipinski definition) is 7. The van der Waals surface area contributed by atoms with E-state index in [0.29, 0.717) is 19.6 Å². The maximum atomic E-state index is 12.9. The highest BCUT2D eigenvalue weighted by atomic mass is 16.6. The number of epoxide rings is 2. The van der Waals surface area contributed by atoms with Crippen molar-refractivity contribution >= 4 is 12.0 Å². The molecule has 0 bridgehead atoms. The first-order chi connectivity index (χ1) is 16.4. The minimum absolute atomic E-state index is 0.0441. The van der Waals surface area contributed by atoms with Crippen molar-refractivity contribution in [3.05, 3.63) is 11.6 Å². The van der Waals surface area contributed by atoms with Gasteiger partial charge in [-0.1, -0.05) is 25.5 Å². The molecule has 2 N–H and O–H groups in total. The summed E-state index contributed by atoms with van der Waals surface area (Å²) in [5.74, 6) is -0.343. The number of nitrogens with one attached hydrogen (secondary N) is 2. The van der Waals surface area contributed by atoms with Gasteiger partial charge in [0.15, 0.2) is 0 Å². The summed E-state index contributed by atoms with van der Waals surface area (Å²) in [4.78, 5) is 27.6. The summed E-state index contributed by atoms with van der Waals surface area (Å²) < 4.78 is 24.0. The number of rotatable bonds is 11. The number of methoxy groups -OCH3 is 1. The van der Waals surface area contributed by atoms with Gasteiger partial charge in [-0.2, -0.15) is 0 Å². The fourth-order valence-electron chi connectivity index (χ4n) is 5.42. The van der Waals surface area contributed by atoms with Gasteiger partial charge in [0, 0.05) is 20.2 Å². The number of carbonyl (C=O) groups excluding carboxylic acids is 2. The van der Waals surface area contributed by atoms with Gasteiger partial charge in [-0.05, 0) is 60.0 Å². The van der Waals surface area contributed by atoms with E-state index in [2.05, 4.69) is 37.5 Å². The summed E-state index contributed by atoms with van der Waals surface area (Å²) in [6.45, 7) is 12.0. The van der Waals surface area contributed by atoms with Gasteiger partial charge in [0.1, 0.15) is 29.5 Å². The molecule has 0 aromatic carbocycles. The van der Waals surface area contributed by atoms with E-state index >= 15 is 0 Å². The molecule has 0 radical (unpaired) electrons. The van der Waals surface area contributed by atoms with Gasteiger partial charge < -0.3 is 34.5 Å². The van der Waals surface area contributed by atoms with Crippen LogP contribution in [0.1, 0.15) is 53.9 Å². The van der Waals surface area contributed by atoms with Crippen molar-refractivity contribution in [3.63, 3.8) is 0 Å². The first-order valence-corrected chi connectivity index (χ1v) is 12.8. The Morgan fingerprint density at radius 1 is 1.26 bits per heavy atom. The van der Waals surface area contributed by atoms with E-state index in [9.17, 15) is 9.59 Å². The smallest absolute Gasteiger partial charge is 0.408 e.